The van der Waals surface area contributed by atoms with E-state index in [9.17, 15) is 18.0 Å². The van der Waals surface area contributed by atoms with Crippen LogP contribution in [0, 0.1) is 0 Å². The number of imidazole rings is 1. The highest BCUT2D eigenvalue weighted by Gasteiger charge is 2.31. The fourth-order valence-electron chi connectivity index (χ4n) is 2.05. The largest absolute Gasteiger partial charge is 0.573 e. The first-order chi connectivity index (χ1) is 11.4. The van der Waals surface area contributed by atoms with Crippen molar-refractivity contribution in [1.82, 2.24) is 9.38 Å². The molecule has 0 fully saturated rings. The van der Waals surface area contributed by atoms with E-state index in [2.05, 4.69) is 9.72 Å². The number of fused-ring (bicyclic) bond motifs is 1. The summed E-state index contributed by atoms with van der Waals surface area (Å²) in [6.07, 6.45) is -1.42. The summed E-state index contributed by atoms with van der Waals surface area (Å²) in [6, 6.07) is 5.54. The molecule has 0 aliphatic rings. The second kappa shape index (κ2) is 6.16. The predicted molar refractivity (Wildman–Crippen MR) is 81.1 cm³/mol. The number of hydrogen-bond donors (Lipinski definition) is 0. The number of carbonyl (C=O) groups is 1. The molecule has 0 aliphatic heterocycles. The average molecular weight is 356 g/mol. The number of esters is 1. The second-order valence-electron chi connectivity index (χ2n) is 4.70. The lowest BCUT2D eigenvalue weighted by molar-refractivity contribution is -0.274. The molecule has 2 aromatic heterocycles. The van der Waals surface area contributed by atoms with Crippen LogP contribution in [0.1, 0.15) is 17.4 Å². The molecule has 3 aromatic rings. The maximum atomic E-state index is 12.2. The van der Waals surface area contributed by atoms with Crippen LogP contribution in [0.4, 0.5) is 13.2 Å². The molecule has 126 valence electrons. The van der Waals surface area contributed by atoms with Crippen molar-refractivity contribution >= 4 is 22.3 Å². The summed E-state index contributed by atoms with van der Waals surface area (Å²) in [5.41, 5.74) is 0.932. The molecule has 0 aliphatic carbocycles. The van der Waals surface area contributed by atoms with E-state index < -0.39 is 12.3 Å². The fraction of sp³-hybridized carbons (Fsp3) is 0.200. The lowest BCUT2D eigenvalue weighted by Gasteiger charge is -2.08. The summed E-state index contributed by atoms with van der Waals surface area (Å²) >= 11 is 1.31. The number of benzene rings is 1. The number of ether oxygens (including phenoxy) is 2. The lowest BCUT2D eigenvalue weighted by atomic mass is 10.2. The van der Waals surface area contributed by atoms with Gasteiger partial charge in [-0.2, -0.15) is 0 Å². The van der Waals surface area contributed by atoms with Crippen molar-refractivity contribution in [2.45, 2.75) is 13.3 Å². The minimum absolute atomic E-state index is 0.212. The van der Waals surface area contributed by atoms with Crippen LogP contribution in [0.25, 0.3) is 15.4 Å². The Hall–Kier alpha value is -2.55. The van der Waals surface area contributed by atoms with Crippen molar-refractivity contribution in [3.8, 4) is 16.2 Å². The smallest absolute Gasteiger partial charge is 0.461 e. The number of hydrogen-bond acceptors (Lipinski definition) is 5. The highest BCUT2D eigenvalue weighted by Crippen LogP contribution is 2.31. The molecule has 24 heavy (non-hydrogen) atoms. The Bertz CT molecular complexity index is 837. The van der Waals surface area contributed by atoms with Gasteiger partial charge in [-0.1, -0.05) is 11.3 Å². The molecule has 0 bridgehead atoms. The van der Waals surface area contributed by atoms with Gasteiger partial charge in [0.15, 0.2) is 10.7 Å². The molecule has 0 amide bonds. The third-order valence-corrected chi connectivity index (χ3v) is 4.06. The topological polar surface area (TPSA) is 52.8 Å². The zero-order chi connectivity index (χ0) is 17.3. The standard InChI is InChI=1S/C15H11F3N2O3S/c1-2-22-13(21)11-7-20-8-12(24-14(20)19-11)9-3-5-10(6-4-9)23-15(16,17)18/h3-8H,2H2,1H3. The van der Waals surface area contributed by atoms with Crippen molar-refractivity contribution in [3.63, 3.8) is 0 Å². The first-order valence-electron chi connectivity index (χ1n) is 6.87. The van der Waals surface area contributed by atoms with Crippen LogP contribution in [0.15, 0.2) is 36.7 Å². The van der Waals surface area contributed by atoms with E-state index in [-0.39, 0.29) is 18.1 Å². The van der Waals surface area contributed by atoms with Gasteiger partial charge in [-0.25, -0.2) is 9.78 Å². The molecule has 3 rings (SSSR count). The SMILES string of the molecule is CCOC(=O)c1cn2cc(-c3ccc(OC(F)(F)F)cc3)sc2n1. The number of nitrogens with zero attached hydrogens (tertiary/aromatic N) is 2. The first kappa shape index (κ1) is 16.3. The second-order valence-corrected chi connectivity index (χ2v) is 5.71. The molecule has 0 N–H and O–H groups in total. The van der Waals surface area contributed by atoms with Gasteiger partial charge >= 0.3 is 12.3 Å². The summed E-state index contributed by atoms with van der Waals surface area (Å²) < 4.78 is 46.8. The van der Waals surface area contributed by atoms with E-state index in [1.54, 1.807) is 23.7 Å². The minimum Gasteiger partial charge on any atom is -0.461 e. The van der Waals surface area contributed by atoms with Gasteiger partial charge < -0.3 is 9.47 Å². The van der Waals surface area contributed by atoms with Crippen molar-refractivity contribution in [2.24, 2.45) is 0 Å². The number of alkyl halides is 3. The van der Waals surface area contributed by atoms with E-state index in [0.29, 0.717) is 4.96 Å². The van der Waals surface area contributed by atoms with E-state index in [1.165, 1.54) is 35.6 Å². The van der Waals surface area contributed by atoms with Gasteiger partial charge in [-0.3, -0.25) is 4.40 Å². The van der Waals surface area contributed by atoms with Crippen molar-refractivity contribution < 1.29 is 27.4 Å². The van der Waals surface area contributed by atoms with Crippen molar-refractivity contribution in [3.05, 3.63) is 42.4 Å². The van der Waals surface area contributed by atoms with E-state index in [1.807, 2.05) is 0 Å². The molecular formula is C15H11F3N2O3S. The zero-order valence-corrected chi connectivity index (χ0v) is 13.1. The Morgan fingerprint density at radius 3 is 2.54 bits per heavy atom. The summed E-state index contributed by atoms with van der Waals surface area (Å²) in [6.45, 7) is 1.97. The fourth-order valence-corrected chi connectivity index (χ4v) is 3.03. The van der Waals surface area contributed by atoms with Gasteiger partial charge in [0.2, 0.25) is 0 Å². The third kappa shape index (κ3) is 3.51. The molecule has 0 radical (unpaired) electrons. The number of carbonyl (C=O) groups excluding carboxylic acids is 1. The third-order valence-electron chi connectivity index (χ3n) is 3.01. The maximum Gasteiger partial charge on any atom is 0.573 e. The Kier molecular flexibility index (Phi) is 4.18. The van der Waals surface area contributed by atoms with Crippen LogP contribution in [0.5, 0.6) is 5.75 Å². The molecule has 1 aromatic carbocycles. The number of halogens is 3. The van der Waals surface area contributed by atoms with Gasteiger partial charge in [0.1, 0.15) is 5.75 Å². The summed E-state index contributed by atoms with van der Waals surface area (Å²) in [5, 5.41) is 0. The highest BCUT2D eigenvalue weighted by molar-refractivity contribution is 7.20. The quantitative estimate of drug-likeness (QED) is 0.660. The van der Waals surface area contributed by atoms with Crippen LogP contribution in [0.3, 0.4) is 0 Å². The molecular weight excluding hydrogens is 345 g/mol. The Labute approximate surface area is 138 Å². The maximum absolute atomic E-state index is 12.2. The van der Waals surface area contributed by atoms with Gasteiger partial charge in [0.05, 0.1) is 11.5 Å². The highest BCUT2D eigenvalue weighted by atomic mass is 32.1. The number of rotatable bonds is 4. The van der Waals surface area contributed by atoms with Gasteiger partial charge in [-0.15, -0.1) is 13.2 Å². The van der Waals surface area contributed by atoms with Gasteiger partial charge in [0, 0.05) is 12.4 Å². The zero-order valence-electron chi connectivity index (χ0n) is 12.3. The van der Waals surface area contributed by atoms with E-state index >= 15 is 0 Å². The average Bonchev–Trinajstić information content (AvgIpc) is 3.05. The van der Waals surface area contributed by atoms with E-state index in [0.717, 1.165) is 10.4 Å². The Morgan fingerprint density at radius 2 is 1.96 bits per heavy atom. The van der Waals surface area contributed by atoms with Crippen LogP contribution < -0.4 is 4.74 Å². The van der Waals surface area contributed by atoms with Crippen LogP contribution in [-0.2, 0) is 4.74 Å². The van der Waals surface area contributed by atoms with E-state index in [4.69, 9.17) is 4.74 Å². The molecule has 0 atom stereocenters. The van der Waals surface area contributed by atoms with Crippen molar-refractivity contribution in [1.29, 1.82) is 0 Å². The van der Waals surface area contributed by atoms with Crippen LogP contribution in [0.2, 0.25) is 0 Å². The van der Waals surface area contributed by atoms with Crippen LogP contribution >= 0.6 is 11.3 Å². The Balaban J connectivity index is 1.82. The molecule has 0 saturated carbocycles. The molecule has 0 unspecified atom stereocenters. The molecule has 2 heterocycles. The van der Waals surface area contributed by atoms with Crippen LogP contribution in [-0.4, -0.2) is 28.3 Å². The van der Waals surface area contributed by atoms with Gasteiger partial charge in [-0.05, 0) is 36.8 Å². The van der Waals surface area contributed by atoms with Gasteiger partial charge in [0.25, 0.3) is 0 Å². The molecule has 9 heteroatoms. The monoisotopic (exact) mass is 356 g/mol. The normalized spacial score (nSPS) is 11.7. The first-order valence-corrected chi connectivity index (χ1v) is 7.69. The molecule has 0 spiro atoms. The lowest BCUT2D eigenvalue weighted by Crippen LogP contribution is -2.16. The minimum atomic E-state index is -4.71. The summed E-state index contributed by atoms with van der Waals surface area (Å²) in [7, 11) is 0. The summed E-state index contributed by atoms with van der Waals surface area (Å²) in [5.74, 6) is -0.777. The van der Waals surface area contributed by atoms with Crippen molar-refractivity contribution in [2.75, 3.05) is 6.61 Å². The predicted octanol–water partition coefficient (Wildman–Crippen LogP) is 4.14. The molecule has 0 saturated heterocycles. The molecule has 5 nitrogen and oxygen atoms in total. The number of thiazole rings is 1. The summed E-state index contributed by atoms with van der Waals surface area (Å²) in [4.78, 5) is 17.2. The Morgan fingerprint density at radius 1 is 1.25 bits per heavy atom. The number of aromatic nitrogens is 2.